The third-order valence-electron chi connectivity index (χ3n) is 0. The molecular weight excluding hydrogens is 286 g/mol. The van der Waals surface area contributed by atoms with Gasteiger partial charge in [-0.1, -0.05) is 0 Å². The summed E-state index contributed by atoms with van der Waals surface area (Å²) in [5.74, 6) is 0. The van der Waals surface area contributed by atoms with Gasteiger partial charge in [0, 0.05) is 0 Å². The van der Waals surface area contributed by atoms with Crippen molar-refractivity contribution in [1.29, 1.82) is 0 Å². The van der Waals surface area contributed by atoms with Gasteiger partial charge >= 0.3 is 56.4 Å². The van der Waals surface area contributed by atoms with Crippen LogP contribution >= 0.6 is 45.9 Å². The van der Waals surface area contributed by atoms with Gasteiger partial charge in [-0.25, -0.2) is 0 Å². The molecule has 2 N–H and O–H groups in total. The summed E-state index contributed by atoms with van der Waals surface area (Å²) in [7, 11) is 20.9. The zero-order valence-corrected chi connectivity index (χ0v) is 8.82. The summed E-state index contributed by atoms with van der Waals surface area (Å²) < 4.78 is 0. The van der Waals surface area contributed by atoms with Gasteiger partial charge in [-0.3, -0.25) is 0 Å². The van der Waals surface area contributed by atoms with E-state index in [1.54, 1.807) is 0 Å². The third kappa shape index (κ3) is 66.7. The Balaban J connectivity index is 0. The van der Waals surface area contributed by atoms with Gasteiger partial charge in [0.1, 0.15) is 0 Å². The Bertz CT molecular complexity index is 41.3. The average molecular weight is 288 g/mol. The molecule has 0 aliphatic heterocycles. The number of rotatable bonds is 0. The molecular formula is H2Cl5NbO. The van der Waals surface area contributed by atoms with Crippen molar-refractivity contribution in [3.8, 4) is 0 Å². The van der Waals surface area contributed by atoms with Crippen LogP contribution in [0, 0.1) is 0 Å². The Kier molecular flexibility index (Phi) is 4.79. The molecule has 0 radical (unpaired) electrons. The molecule has 0 unspecified atom stereocenters. The van der Waals surface area contributed by atoms with E-state index in [-0.39, 0.29) is 5.48 Å². The van der Waals surface area contributed by atoms with E-state index in [1.807, 2.05) is 0 Å². The Morgan fingerprint density at radius 2 is 0.714 bits per heavy atom. The second-order valence-electron chi connectivity index (χ2n) is 0.639. The SMILES string of the molecule is O.[Cl][Nb]([Cl])([Cl])([Cl])[Cl]. The van der Waals surface area contributed by atoms with Crippen LogP contribution in [0.25, 0.3) is 0 Å². The maximum absolute atomic E-state index is 5.05. The molecule has 0 spiro atoms. The van der Waals surface area contributed by atoms with E-state index >= 15 is 0 Å². The van der Waals surface area contributed by atoms with Crippen LogP contribution < -0.4 is 0 Å². The molecule has 0 saturated carbocycles. The molecule has 7 heteroatoms. The normalized spacial score (nSPS) is 16.4. The standard InChI is InChI=1S/5ClH.Nb.H2O/h5*1H;;1H2/q;;;;;+5;/p-5. The fourth-order valence-corrected chi connectivity index (χ4v) is 0. The van der Waals surface area contributed by atoms with Crippen LogP contribution in [0.5, 0.6) is 0 Å². The Labute approximate surface area is 61.2 Å². The molecule has 0 heterocycles. The molecule has 0 aliphatic rings. The van der Waals surface area contributed by atoms with Crippen LogP contribution in [0.15, 0.2) is 0 Å². The Hall–Kier alpha value is 2.15. The van der Waals surface area contributed by atoms with Crippen LogP contribution in [0.1, 0.15) is 0 Å². The average Bonchev–Trinajstić information content (AvgIpc) is 0.650. The summed E-state index contributed by atoms with van der Waals surface area (Å²) in [5.41, 5.74) is 0. The summed E-state index contributed by atoms with van der Waals surface area (Å²) in [6.07, 6.45) is 0. The van der Waals surface area contributed by atoms with Crippen molar-refractivity contribution in [3.63, 3.8) is 0 Å². The molecule has 0 saturated heterocycles. The summed E-state index contributed by atoms with van der Waals surface area (Å²) in [4.78, 5) is 0. The monoisotopic (exact) mass is 286 g/mol. The van der Waals surface area contributed by atoms with Gasteiger partial charge in [0.15, 0.2) is 0 Å². The number of hydrogen-bond acceptors (Lipinski definition) is 0. The first-order chi connectivity index (χ1) is 2.24. The quantitative estimate of drug-likeness (QED) is 0.614. The van der Waals surface area contributed by atoms with E-state index in [9.17, 15) is 0 Å². The van der Waals surface area contributed by atoms with Crippen LogP contribution in [-0.2, 0) is 10.4 Å². The van der Waals surface area contributed by atoms with E-state index in [0.29, 0.717) is 0 Å². The molecule has 0 fully saturated rings. The van der Waals surface area contributed by atoms with Crippen LogP contribution in [0.4, 0.5) is 0 Å². The van der Waals surface area contributed by atoms with Gasteiger partial charge in [0.05, 0.1) is 0 Å². The summed E-state index contributed by atoms with van der Waals surface area (Å²) in [5, 5.41) is 0. The van der Waals surface area contributed by atoms with E-state index in [4.69, 9.17) is 45.9 Å². The van der Waals surface area contributed by atoms with Crippen molar-refractivity contribution in [2.24, 2.45) is 0 Å². The fraction of sp³-hybridized carbons (Fsp3) is 0. The van der Waals surface area contributed by atoms with E-state index in [0.717, 1.165) is 0 Å². The molecule has 0 aromatic carbocycles. The first-order valence-electron chi connectivity index (χ1n) is 0.845. The molecule has 48 valence electrons. The van der Waals surface area contributed by atoms with Crippen LogP contribution in [0.2, 0.25) is 0 Å². The van der Waals surface area contributed by atoms with Crippen molar-refractivity contribution in [2.75, 3.05) is 0 Å². The minimum absolute atomic E-state index is 0. The van der Waals surface area contributed by atoms with Gasteiger partial charge in [-0.2, -0.15) is 0 Å². The molecule has 0 amide bonds. The topological polar surface area (TPSA) is 31.5 Å². The maximum atomic E-state index is 5.05. The van der Waals surface area contributed by atoms with Gasteiger partial charge in [0.25, 0.3) is 0 Å². The van der Waals surface area contributed by atoms with E-state index in [2.05, 4.69) is 0 Å². The molecule has 0 aromatic rings. The zero-order valence-electron chi connectivity index (χ0n) is 2.84. The van der Waals surface area contributed by atoms with Crippen molar-refractivity contribution >= 4 is 45.9 Å². The molecule has 1 nitrogen and oxygen atoms in total. The first kappa shape index (κ1) is 11.9. The van der Waals surface area contributed by atoms with E-state index in [1.165, 1.54) is 0 Å². The number of halogens is 5. The molecule has 0 aromatic heterocycles. The number of hydrogen-bond donors (Lipinski definition) is 0. The summed E-state index contributed by atoms with van der Waals surface area (Å²) in [6, 6.07) is 0. The first-order valence-corrected chi connectivity index (χ1v) is 15.0. The van der Waals surface area contributed by atoms with Crippen molar-refractivity contribution < 1.29 is 15.9 Å². The van der Waals surface area contributed by atoms with Gasteiger partial charge < -0.3 is 5.48 Å². The Morgan fingerprint density at radius 1 is 0.714 bits per heavy atom. The van der Waals surface area contributed by atoms with Crippen LogP contribution in [-0.4, -0.2) is 5.48 Å². The molecule has 0 atom stereocenters. The molecule has 0 aliphatic carbocycles. The minimum atomic E-state index is -4.33. The molecule has 0 bridgehead atoms. The predicted octanol–water partition coefficient (Wildman–Crippen LogP) is 2.62. The van der Waals surface area contributed by atoms with E-state index < -0.39 is 10.4 Å². The van der Waals surface area contributed by atoms with Gasteiger partial charge in [-0.15, -0.1) is 0 Å². The third-order valence-corrected chi connectivity index (χ3v) is 0. The van der Waals surface area contributed by atoms with Crippen molar-refractivity contribution in [3.05, 3.63) is 0 Å². The zero-order chi connectivity index (χ0) is 5.45. The van der Waals surface area contributed by atoms with Gasteiger partial charge in [-0.05, 0) is 0 Å². The van der Waals surface area contributed by atoms with Crippen LogP contribution in [0.3, 0.4) is 0 Å². The molecule has 7 heavy (non-hydrogen) atoms. The second-order valence-corrected chi connectivity index (χ2v) is 34.0. The summed E-state index contributed by atoms with van der Waals surface area (Å²) >= 11 is 0. The molecule has 0 rings (SSSR count). The predicted molar refractivity (Wildman–Crippen MR) is 32.9 cm³/mol. The Morgan fingerprint density at radius 3 is 0.714 bits per heavy atom. The van der Waals surface area contributed by atoms with Crippen molar-refractivity contribution in [2.45, 2.75) is 0 Å². The van der Waals surface area contributed by atoms with Crippen molar-refractivity contribution in [1.82, 2.24) is 0 Å². The second kappa shape index (κ2) is 2.82. The fourth-order valence-electron chi connectivity index (χ4n) is 0. The van der Waals surface area contributed by atoms with Gasteiger partial charge in [0.2, 0.25) is 0 Å². The summed E-state index contributed by atoms with van der Waals surface area (Å²) in [6.45, 7) is 0.